The molecule has 1 aliphatic rings. The van der Waals surface area contributed by atoms with Crippen LogP contribution in [0.4, 0.5) is 5.69 Å². The lowest BCUT2D eigenvalue weighted by molar-refractivity contribution is -0.117. The van der Waals surface area contributed by atoms with Gasteiger partial charge in [0, 0.05) is 5.69 Å². The first-order valence-corrected chi connectivity index (χ1v) is 6.56. The van der Waals surface area contributed by atoms with E-state index in [4.69, 9.17) is 4.74 Å². The van der Waals surface area contributed by atoms with E-state index in [9.17, 15) is 4.79 Å². The summed E-state index contributed by atoms with van der Waals surface area (Å²) in [6.45, 7) is 3.72. The molecule has 5 heteroatoms. The van der Waals surface area contributed by atoms with Crippen LogP contribution in [0.1, 0.15) is 26.2 Å². The maximum absolute atomic E-state index is 11.9. The van der Waals surface area contributed by atoms with Gasteiger partial charge in [0.2, 0.25) is 5.91 Å². The Morgan fingerprint density at radius 3 is 2.74 bits per heavy atom. The van der Waals surface area contributed by atoms with Gasteiger partial charge >= 0.3 is 0 Å². The van der Waals surface area contributed by atoms with Gasteiger partial charge in [-0.3, -0.25) is 4.79 Å². The minimum absolute atomic E-state index is 0. The molecule has 1 amide bonds. The van der Waals surface area contributed by atoms with E-state index in [-0.39, 0.29) is 24.4 Å². The van der Waals surface area contributed by atoms with Crippen molar-refractivity contribution in [1.29, 1.82) is 0 Å². The van der Waals surface area contributed by atoms with Crippen LogP contribution in [0, 0.1) is 0 Å². The number of hydrogen-bond donors (Lipinski definition) is 2. The molecule has 0 saturated carbocycles. The van der Waals surface area contributed by atoms with Crippen molar-refractivity contribution < 1.29 is 9.53 Å². The first-order valence-electron chi connectivity index (χ1n) is 6.56. The second kappa shape index (κ2) is 8.02. The van der Waals surface area contributed by atoms with Gasteiger partial charge in [-0.25, -0.2) is 0 Å². The Labute approximate surface area is 120 Å². The lowest BCUT2D eigenvalue weighted by atomic mass is 10.2. The van der Waals surface area contributed by atoms with Crippen molar-refractivity contribution >= 4 is 24.0 Å². The number of rotatable bonds is 5. The second-order valence-electron chi connectivity index (χ2n) is 4.51. The van der Waals surface area contributed by atoms with Crippen molar-refractivity contribution in [1.82, 2.24) is 5.32 Å². The zero-order valence-electron chi connectivity index (χ0n) is 11.1. The molecule has 1 aliphatic heterocycles. The first kappa shape index (κ1) is 15.8. The van der Waals surface area contributed by atoms with Crippen LogP contribution in [0.25, 0.3) is 0 Å². The van der Waals surface area contributed by atoms with Crippen LogP contribution in [-0.4, -0.2) is 25.1 Å². The van der Waals surface area contributed by atoms with E-state index in [1.54, 1.807) is 0 Å². The molecule has 1 saturated heterocycles. The normalized spacial score (nSPS) is 17.6. The van der Waals surface area contributed by atoms with Crippen LogP contribution in [0.2, 0.25) is 0 Å². The Hall–Kier alpha value is -1.26. The van der Waals surface area contributed by atoms with Gasteiger partial charge < -0.3 is 15.4 Å². The fourth-order valence-corrected chi connectivity index (χ4v) is 1.99. The largest absolute Gasteiger partial charge is 0.494 e. The number of carbonyl (C=O) groups is 1. The number of halogens is 1. The van der Waals surface area contributed by atoms with Crippen LogP contribution < -0.4 is 15.4 Å². The predicted octanol–water partition coefficient (Wildman–Crippen LogP) is 2.59. The van der Waals surface area contributed by atoms with Gasteiger partial charge in [0.25, 0.3) is 0 Å². The first-order chi connectivity index (χ1) is 8.79. The van der Waals surface area contributed by atoms with E-state index in [0.717, 1.165) is 43.9 Å². The van der Waals surface area contributed by atoms with Crippen molar-refractivity contribution in [3.8, 4) is 5.75 Å². The third-order valence-electron chi connectivity index (χ3n) is 2.97. The summed E-state index contributed by atoms with van der Waals surface area (Å²) < 4.78 is 5.49. The molecular formula is C14H21ClN2O2. The van der Waals surface area contributed by atoms with Gasteiger partial charge in [0.1, 0.15) is 5.75 Å². The van der Waals surface area contributed by atoms with E-state index < -0.39 is 0 Å². The molecule has 0 aromatic heterocycles. The molecule has 1 unspecified atom stereocenters. The van der Waals surface area contributed by atoms with Crippen LogP contribution in [0.3, 0.4) is 0 Å². The van der Waals surface area contributed by atoms with Crippen LogP contribution >= 0.6 is 12.4 Å². The molecule has 1 heterocycles. The number of nitrogens with one attached hydrogen (secondary N) is 2. The molecule has 4 nitrogen and oxygen atoms in total. The lowest BCUT2D eigenvalue weighted by Gasteiger charge is -2.11. The highest BCUT2D eigenvalue weighted by Crippen LogP contribution is 2.17. The molecule has 2 N–H and O–H groups in total. The van der Waals surface area contributed by atoms with E-state index in [1.165, 1.54) is 0 Å². The summed E-state index contributed by atoms with van der Waals surface area (Å²) in [6.07, 6.45) is 2.98. The average molecular weight is 285 g/mol. The summed E-state index contributed by atoms with van der Waals surface area (Å²) in [4.78, 5) is 11.9. The minimum Gasteiger partial charge on any atom is -0.494 e. The molecule has 0 spiro atoms. The number of amides is 1. The van der Waals surface area contributed by atoms with Gasteiger partial charge in [-0.15, -0.1) is 12.4 Å². The van der Waals surface area contributed by atoms with Gasteiger partial charge in [0.05, 0.1) is 12.6 Å². The molecule has 0 aliphatic carbocycles. The van der Waals surface area contributed by atoms with Crippen molar-refractivity contribution in [2.45, 2.75) is 32.2 Å². The summed E-state index contributed by atoms with van der Waals surface area (Å²) in [7, 11) is 0. The van der Waals surface area contributed by atoms with Crippen molar-refractivity contribution in [2.24, 2.45) is 0 Å². The van der Waals surface area contributed by atoms with Gasteiger partial charge in [-0.1, -0.05) is 6.92 Å². The van der Waals surface area contributed by atoms with E-state index in [2.05, 4.69) is 17.6 Å². The number of hydrogen-bond acceptors (Lipinski definition) is 3. The number of ether oxygens (including phenoxy) is 1. The van der Waals surface area contributed by atoms with Crippen LogP contribution in [-0.2, 0) is 4.79 Å². The van der Waals surface area contributed by atoms with Crippen molar-refractivity contribution in [3.05, 3.63) is 24.3 Å². The summed E-state index contributed by atoms with van der Waals surface area (Å²) in [5.41, 5.74) is 0.817. The molecule has 1 atom stereocenters. The number of benzene rings is 1. The number of carbonyl (C=O) groups excluding carboxylic acids is 1. The molecule has 1 aromatic rings. The standard InChI is InChI=1S/C14H20N2O2.ClH/c1-2-10-18-12-7-5-11(6-8-12)16-14(17)13-4-3-9-15-13;/h5-8,13,15H,2-4,9-10H2,1H3,(H,16,17);1H. The summed E-state index contributed by atoms with van der Waals surface area (Å²) >= 11 is 0. The topological polar surface area (TPSA) is 50.4 Å². The second-order valence-corrected chi connectivity index (χ2v) is 4.51. The number of anilines is 1. The third kappa shape index (κ3) is 4.73. The van der Waals surface area contributed by atoms with Gasteiger partial charge in [0.15, 0.2) is 0 Å². The fourth-order valence-electron chi connectivity index (χ4n) is 1.99. The van der Waals surface area contributed by atoms with E-state index in [0.29, 0.717) is 0 Å². The molecular weight excluding hydrogens is 264 g/mol. The van der Waals surface area contributed by atoms with E-state index in [1.807, 2.05) is 24.3 Å². The smallest absolute Gasteiger partial charge is 0.241 e. The van der Waals surface area contributed by atoms with Gasteiger partial charge in [-0.2, -0.15) is 0 Å². The summed E-state index contributed by atoms with van der Waals surface area (Å²) in [5.74, 6) is 0.892. The molecule has 19 heavy (non-hydrogen) atoms. The molecule has 0 bridgehead atoms. The van der Waals surface area contributed by atoms with E-state index >= 15 is 0 Å². The molecule has 1 aromatic carbocycles. The van der Waals surface area contributed by atoms with Gasteiger partial charge in [-0.05, 0) is 50.1 Å². The molecule has 2 rings (SSSR count). The highest BCUT2D eigenvalue weighted by molar-refractivity contribution is 5.95. The highest BCUT2D eigenvalue weighted by atomic mass is 35.5. The Morgan fingerprint density at radius 2 is 2.16 bits per heavy atom. The van der Waals surface area contributed by atoms with Crippen LogP contribution in [0.15, 0.2) is 24.3 Å². The Kier molecular flexibility index (Phi) is 6.67. The van der Waals surface area contributed by atoms with Crippen molar-refractivity contribution in [3.63, 3.8) is 0 Å². The predicted molar refractivity (Wildman–Crippen MR) is 79.1 cm³/mol. The Balaban J connectivity index is 0.00000180. The Morgan fingerprint density at radius 1 is 1.42 bits per heavy atom. The zero-order chi connectivity index (χ0) is 12.8. The van der Waals surface area contributed by atoms with Crippen molar-refractivity contribution in [2.75, 3.05) is 18.5 Å². The summed E-state index contributed by atoms with van der Waals surface area (Å²) in [5, 5.41) is 6.09. The average Bonchev–Trinajstić information content (AvgIpc) is 2.92. The molecule has 106 valence electrons. The third-order valence-corrected chi connectivity index (χ3v) is 2.97. The SMILES string of the molecule is CCCOc1ccc(NC(=O)C2CCCN2)cc1.Cl. The maximum Gasteiger partial charge on any atom is 0.241 e. The monoisotopic (exact) mass is 284 g/mol. The van der Waals surface area contributed by atoms with Crippen LogP contribution in [0.5, 0.6) is 5.75 Å². The molecule has 1 fully saturated rings. The lowest BCUT2D eigenvalue weighted by Crippen LogP contribution is -2.35. The quantitative estimate of drug-likeness (QED) is 0.874. The summed E-state index contributed by atoms with van der Waals surface area (Å²) in [6, 6.07) is 7.47. The molecule has 0 radical (unpaired) electrons. The maximum atomic E-state index is 11.9. The Bertz CT molecular complexity index is 389. The fraction of sp³-hybridized carbons (Fsp3) is 0.500. The highest BCUT2D eigenvalue weighted by Gasteiger charge is 2.21. The minimum atomic E-state index is -0.0407. The zero-order valence-corrected chi connectivity index (χ0v) is 12.0.